The van der Waals surface area contributed by atoms with Crippen LogP contribution in [0, 0.1) is 5.92 Å². The van der Waals surface area contributed by atoms with E-state index in [4.69, 9.17) is 5.11 Å². The molecule has 9 heteroatoms. The summed E-state index contributed by atoms with van der Waals surface area (Å²) < 4.78 is 2.44. The quantitative estimate of drug-likeness (QED) is 0.656. The molecule has 1 saturated carbocycles. The minimum absolute atomic E-state index is 0.0298. The van der Waals surface area contributed by atoms with Gasteiger partial charge < -0.3 is 15.5 Å². The smallest absolute Gasteiger partial charge is 0.328 e. The summed E-state index contributed by atoms with van der Waals surface area (Å²) in [6, 6.07) is 0.0298. The molecule has 1 aliphatic carbocycles. The number of rotatable bonds is 6. The Morgan fingerprint density at radius 2 is 2.12 bits per heavy atom. The molecule has 2 aromatic rings. The zero-order chi connectivity index (χ0) is 19.0. The van der Waals surface area contributed by atoms with Crippen molar-refractivity contribution < 1.29 is 19.8 Å². The molecule has 0 atom stereocenters. The molecule has 1 amide bonds. The maximum atomic E-state index is 12.9. The largest absolute Gasteiger partial charge is 0.492 e. The zero-order valence-electron chi connectivity index (χ0n) is 14.5. The second kappa shape index (κ2) is 6.66. The van der Waals surface area contributed by atoms with Crippen LogP contribution in [0.5, 0.6) is 5.88 Å². The summed E-state index contributed by atoms with van der Waals surface area (Å²) in [7, 11) is 0. The Kier molecular flexibility index (Phi) is 4.54. The first-order valence-corrected chi connectivity index (χ1v) is 8.35. The molecule has 1 aliphatic rings. The summed E-state index contributed by atoms with van der Waals surface area (Å²) in [6.45, 7) is 4.09. The Morgan fingerprint density at radius 1 is 1.42 bits per heavy atom. The number of nitrogens with zero attached hydrogens (tertiary/aromatic N) is 3. The molecule has 0 saturated heterocycles. The molecule has 138 valence electrons. The number of carbonyl (C=O) groups excluding carboxylic acids is 1. The van der Waals surface area contributed by atoms with Crippen LogP contribution < -0.4 is 10.9 Å². The molecule has 2 aromatic heterocycles. The Bertz CT molecular complexity index is 966. The topological polar surface area (TPSA) is 126 Å². The van der Waals surface area contributed by atoms with Crippen LogP contribution in [0.4, 0.5) is 0 Å². The lowest BCUT2D eigenvalue weighted by Crippen LogP contribution is -2.36. The van der Waals surface area contributed by atoms with Gasteiger partial charge in [0.05, 0.1) is 6.20 Å². The van der Waals surface area contributed by atoms with E-state index in [-0.39, 0.29) is 29.7 Å². The number of carbonyl (C=O) groups is 2. The summed E-state index contributed by atoms with van der Waals surface area (Å²) in [5.74, 6) is -2.26. The van der Waals surface area contributed by atoms with E-state index in [2.05, 4.69) is 10.4 Å². The van der Waals surface area contributed by atoms with E-state index in [0.717, 1.165) is 23.4 Å². The van der Waals surface area contributed by atoms with E-state index in [1.54, 1.807) is 0 Å². The van der Waals surface area contributed by atoms with Crippen LogP contribution in [-0.2, 0) is 11.3 Å². The minimum atomic E-state index is -1.15. The lowest BCUT2D eigenvalue weighted by Gasteiger charge is -2.15. The fourth-order valence-corrected chi connectivity index (χ4v) is 2.71. The lowest BCUT2D eigenvalue weighted by molar-refractivity contribution is -0.131. The average molecular weight is 360 g/mol. The summed E-state index contributed by atoms with van der Waals surface area (Å²) in [4.78, 5) is 36.1. The van der Waals surface area contributed by atoms with Gasteiger partial charge in [-0.3, -0.25) is 14.2 Å². The van der Waals surface area contributed by atoms with Crippen molar-refractivity contribution in [3.8, 4) is 5.88 Å². The SMILES string of the molecule is CC(C)Cn1c(=O)c(C(=O)NC2CC2)c(O)n2ncc(/C=C/C(=O)O)c12. The number of amides is 1. The van der Waals surface area contributed by atoms with Gasteiger partial charge in [-0.15, -0.1) is 0 Å². The number of hydrogen-bond acceptors (Lipinski definition) is 5. The van der Waals surface area contributed by atoms with Crippen LogP contribution in [0.3, 0.4) is 0 Å². The molecular weight excluding hydrogens is 340 g/mol. The van der Waals surface area contributed by atoms with Gasteiger partial charge >= 0.3 is 5.97 Å². The first-order valence-electron chi connectivity index (χ1n) is 8.35. The maximum absolute atomic E-state index is 12.9. The van der Waals surface area contributed by atoms with Crippen LogP contribution in [0.15, 0.2) is 17.1 Å². The third-order valence-corrected chi connectivity index (χ3v) is 4.00. The maximum Gasteiger partial charge on any atom is 0.328 e. The van der Waals surface area contributed by atoms with E-state index in [0.29, 0.717) is 5.56 Å². The third-order valence-electron chi connectivity index (χ3n) is 4.00. The monoisotopic (exact) mass is 360 g/mol. The van der Waals surface area contributed by atoms with Crippen molar-refractivity contribution in [3.05, 3.63) is 33.8 Å². The Balaban J connectivity index is 2.23. The number of nitrogens with one attached hydrogen (secondary N) is 1. The number of carboxylic acids is 1. The van der Waals surface area contributed by atoms with Gasteiger partial charge in [0.15, 0.2) is 5.56 Å². The molecule has 0 spiro atoms. The highest BCUT2D eigenvalue weighted by Gasteiger charge is 2.29. The van der Waals surface area contributed by atoms with Gasteiger partial charge in [-0.05, 0) is 24.8 Å². The molecule has 9 nitrogen and oxygen atoms in total. The van der Waals surface area contributed by atoms with E-state index < -0.39 is 23.3 Å². The van der Waals surface area contributed by atoms with Gasteiger partial charge in [0, 0.05) is 24.2 Å². The molecule has 3 rings (SSSR count). The van der Waals surface area contributed by atoms with Crippen LogP contribution in [-0.4, -0.2) is 42.3 Å². The fourth-order valence-electron chi connectivity index (χ4n) is 2.71. The number of fused-ring (bicyclic) bond motifs is 1. The lowest BCUT2D eigenvalue weighted by atomic mass is 10.2. The number of aromatic hydroxyl groups is 1. The number of carboxylic acid groups (broad SMARTS) is 1. The van der Waals surface area contributed by atoms with Crippen molar-refractivity contribution >= 4 is 23.6 Å². The summed E-state index contributed by atoms with van der Waals surface area (Å²) in [5, 5.41) is 26.0. The van der Waals surface area contributed by atoms with Crippen molar-refractivity contribution in [1.29, 1.82) is 0 Å². The van der Waals surface area contributed by atoms with Crippen LogP contribution in [0.25, 0.3) is 11.7 Å². The molecule has 0 aromatic carbocycles. The van der Waals surface area contributed by atoms with E-state index in [1.165, 1.54) is 16.8 Å². The Hall–Kier alpha value is -3.10. The normalized spacial score (nSPS) is 14.4. The first-order chi connectivity index (χ1) is 12.3. The Morgan fingerprint density at radius 3 is 2.69 bits per heavy atom. The molecule has 3 N–H and O–H groups in total. The number of hydrogen-bond donors (Lipinski definition) is 3. The molecule has 0 radical (unpaired) electrons. The highest BCUT2D eigenvalue weighted by molar-refractivity contribution is 5.97. The fraction of sp³-hybridized carbons (Fsp3) is 0.412. The molecule has 2 heterocycles. The van der Waals surface area contributed by atoms with E-state index in [9.17, 15) is 19.5 Å². The molecule has 0 unspecified atom stereocenters. The molecular formula is C17H20N4O5. The van der Waals surface area contributed by atoms with Crippen molar-refractivity contribution in [3.63, 3.8) is 0 Å². The molecule has 0 aliphatic heterocycles. The van der Waals surface area contributed by atoms with Gasteiger partial charge in [-0.1, -0.05) is 13.8 Å². The first kappa shape index (κ1) is 17.7. The molecule has 0 bridgehead atoms. The third kappa shape index (κ3) is 3.32. The van der Waals surface area contributed by atoms with Crippen LogP contribution >= 0.6 is 0 Å². The molecule has 1 fully saturated rings. The Labute approximate surface area is 148 Å². The predicted octanol–water partition coefficient (Wildman–Crippen LogP) is 0.848. The van der Waals surface area contributed by atoms with Crippen molar-refractivity contribution in [2.75, 3.05) is 0 Å². The number of aromatic nitrogens is 3. The van der Waals surface area contributed by atoms with Crippen molar-refractivity contribution in [2.45, 2.75) is 39.3 Å². The van der Waals surface area contributed by atoms with Gasteiger partial charge in [-0.25, -0.2) is 4.79 Å². The summed E-state index contributed by atoms with van der Waals surface area (Å²) in [6.07, 6.45) is 5.26. The van der Waals surface area contributed by atoms with Crippen LogP contribution in [0.1, 0.15) is 42.6 Å². The van der Waals surface area contributed by atoms with Gasteiger partial charge in [0.2, 0.25) is 5.88 Å². The zero-order valence-corrected chi connectivity index (χ0v) is 14.5. The highest BCUT2D eigenvalue weighted by atomic mass is 16.4. The van der Waals surface area contributed by atoms with Gasteiger partial charge in [0.1, 0.15) is 5.65 Å². The van der Waals surface area contributed by atoms with E-state index in [1.807, 2.05) is 13.8 Å². The van der Waals surface area contributed by atoms with Gasteiger partial charge in [0.25, 0.3) is 11.5 Å². The van der Waals surface area contributed by atoms with Crippen LogP contribution in [0.2, 0.25) is 0 Å². The van der Waals surface area contributed by atoms with Crippen molar-refractivity contribution in [1.82, 2.24) is 19.5 Å². The molecule has 26 heavy (non-hydrogen) atoms. The second-order valence-corrected chi connectivity index (χ2v) is 6.76. The van der Waals surface area contributed by atoms with E-state index >= 15 is 0 Å². The second-order valence-electron chi connectivity index (χ2n) is 6.76. The highest BCUT2D eigenvalue weighted by Crippen LogP contribution is 2.23. The standard InChI is InChI=1S/C17H20N4O5/c1-9(2)8-20-15-10(3-6-12(22)23)7-18-21(15)17(26)13(16(20)25)14(24)19-11-4-5-11/h3,6-7,9,11,26H,4-5,8H2,1-2H3,(H,19,24)(H,22,23)/b6-3+. The van der Waals surface area contributed by atoms with Crippen molar-refractivity contribution in [2.24, 2.45) is 5.92 Å². The summed E-state index contributed by atoms with van der Waals surface area (Å²) in [5.41, 5.74) is -0.398. The summed E-state index contributed by atoms with van der Waals surface area (Å²) >= 11 is 0. The minimum Gasteiger partial charge on any atom is -0.492 e. The van der Waals surface area contributed by atoms with Gasteiger partial charge in [-0.2, -0.15) is 9.61 Å². The number of aliphatic carboxylic acids is 1. The average Bonchev–Trinajstić information content (AvgIpc) is 3.25. The predicted molar refractivity (Wildman–Crippen MR) is 93.1 cm³/mol.